The highest BCUT2D eigenvalue weighted by Gasteiger charge is 2.21. The summed E-state index contributed by atoms with van der Waals surface area (Å²) in [6, 6.07) is -0.0563. The molecule has 0 radical (unpaired) electrons. The highest BCUT2D eigenvalue weighted by molar-refractivity contribution is 5.83. The molecule has 1 atom stereocenters. The first-order chi connectivity index (χ1) is 7.24. The molecule has 0 aliphatic carbocycles. The molecule has 0 aromatic heterocycles. The maximum atomic E-state index is 11.5. The molecule has 5 nitrogen and oxygen atoms in total. The molecule has 15 heavy (non-hydrogen) atoms. The van der Waals surface area contributed by atoms with E-state index in [0.717, 1.165) is 19.4 Å². The first-order valence-electron chi connectivity index (χ1n) is 5.52. The summed E-state index contributed by atoms with van der Waals surface area (Å²) in [5, 5.41) is 8.54. The molecule has 0 saturated carbocycles. The molecule has 5 heteroatoms. The monoisotopic (exact) mass is 213 g/mol. The highest BCUT2D eigenvalue weighted by Crippen LogP contribution is 2.04. The van der Waals surface area contributed by atoms with Gasteiger partial charge in [-0.15, -0.1) is 0 Å². The van der Waals surface area contributed by atoms with E-state index in [1.807, 2.05) is 6.92 Å². The van der Waals surface area contributed by atoms with Gasteiger partial charge in [-0.05, 0) is 26.3 Å². The zero-order chi connectivity index (χ0) is 11.1. The standard InChI is InChI=1S/C10H19N3O2/c1-2-11-9(14)5-7-13-10(15)8-4-3-6-12-8/h8,12H,2-7H2,1H3,(H,11,14)(H,13,15)/t8-/m1/s1. The Morgan fingerprint density at radius 2 is 2.20 bits per heavy atom. The van der Waals surface area contributed by atoms with Gasteiger partial charge < -0.3 is 16.0 Å². The van der Waals surface area contributed by atoms with Crippen LogP contribution in [0.15, 0.2) is 0 Å². The molecule has 0 unspecified atom stereocenters. The third-order valence-corrected chi connectivity index (χ3v) is 2.40. The van der Waals surface area contributed by atoms with Gasteiger partial charge >= 0.3 is 0 Å². The number of nitrogens with one attached hydrogen (secondary N) is 3. The van der Waals surface area contributed by atoms with E-state index in [0.29, 0.717) is 19.5 Å². The molecule has 1 heterocycles. The summed E-state index contributed by atoms with van der Waals surface area (Å²) in [7, 11) is 0. The normalized spacial score (nSPS) is 19.9. The van der Waals surface area contributed by atoms with Crippen LogP contribution in [0.1, 0.15) is 26.2 Å². The lowest BCUT2D eigenvalue weighted by molar-refractivity contribution is -0.123. The highest BCUT2D eigenvalue weighted by atomic mass is 16.2. The predicted molar refractivity (Wildman–Crippen MR) is 57.3 cm³/mol. The van der Waals surface area contributed by atoms with Gasteiger partial charge in [0, 0.05) is 19.5 Å². The molecule has 0 aromatic rings. The van der Waals surface area contributed by atoms with Crippen LogP contribution in [0, 0.1) is 0 Å². The smallest absolute Gasteiger partial charge is 0.237 e. The SMILES string of the molecule is CCNC(=O)CCNC(=O)[C@H]1CCCN1. The molecule has 1 saturated heterocycles. The summed E-state index contributed by atoms with van der Waals surface area (Å²) in [6.45, 7) is 3.84. The zero-order valence-electron chi connectivity index (χ0n) is 9.14. The van der Waals surface area contributed by atoms with E-state index in [4.69, 9.17) is 0 Å². The van der Waals surface area contributed by atoms with Gasteiger partial charge in [0.25, 0.3) is 0 Å². The molecule has 1 aliphatic rings. The number of rotatable bonds is 5. The van der Waals surface area contributed by atoms with Crippen molar-refractivity contribution in [2.75, 3.05) is 19.6 Å². The molecular formula is C10H19N3O2. The van der Waals surface area contributed by atoms with Crippen molar-refractivity contribution in [2.24, 2.45) is 0 Å². The first kappa shape index (κ1) is 12.0. The fraction of sp³-hybridized carbons (Fsp3) is 0.800. The third-order valence-electron chi connectivity index (χ3n) is 2.40. The Bertz CT molecular complexity index is 225. The van der Waals surface area contributed by atoms with Crippen molar-refractivity contribution in [1.82, 2.24) is 16.0 Å². The Hall–Kier alpha value is -1.10. The van der Waals surface area contributed by atoms with Crippen molar-refractivity contribution in [3.63, 3.8) is 0 Å². The van der Waals surface area contributed by atoms with Gasteiger partial charge in [-0.25, -0.2) is 0 Å². The molecule has 0 spiro atoms. The van der Waals surface area contributed by atoms with Gasteiger partial charge in [0.05, 0.1) is 6.04 Å². The Kier molecular flexibility index (Phi) is 5.10. The van der Waals surface area contributed by atoms with Crippen molar-refractivity contribution in [3.8, 4) is 0 Å². The van der Waals surface area contributed by atoms with E-state index in [2.05, 4.69) is 16.0 Å². The molecule has 1 rings (SSSR count). The molecule has 0 aromatic carbocycles. The van der Waals surface area contributed by atoms with E-state index in [-0.39, 0.29) is 17.9 Å². The van der Waals surface area contributed by atoms with Crippen LogP contribution in [0.25, 0.3) is 0 Å². The second kappa shape index (κ2) is 6.40. The summed E-state index contributed by atoms with van der Waals surface area (Å²) in [6.07, 6.45) is 2.30. The Morgan fingerprint density at radius 1 is 1.40 bits per heavy atom. The van der Waals surface area contributed by atoms with Crippen LogP contribution >= 0.6 is 0 Å². The average molecular weight is 213 g/mol. The number of carbonyl (C=O) groups is 2. The molecule has 3 N–H and O–H groups in total. The van der Waals surface area contributed by atoms with E-state index in [1.54, 1.807) is 0 Å². The molecule has 2 amide bonds. The van der Waals surface area contributed by atoms with Crippen LogP contribution < -0.4 is 16.0 Å². The van der Waals surface area contributed by atoms with Crippen LogP contribution in [-0.4, -0.2) is 37.5 Å². The van der Waals surface area contributed by atoms with Gasteiger partial charge in [-0.2, -0.15) is 0 Å². The largest absolute Gasteiger partial charge is 0.356 e. The maximum Gasteiger partial charge on any atom is 0.237 e. The van der Waals surface area contributed by atoms with Gasteiger partial charge in [-0.3, -0.25) is 9.59 Å². The van der Waals surface area contributed by atoms with E-state index in [1.165, 1.54) is 0 Å². The van der Waals surface area contributed by atoms with Gasteiger partial charge in [-0.1, -0.05) is 0 Å². The molecule has 86 valence electrons. The van der Waals surface area contributed by atoms with Crippen molar-refractivity contribution in [2.45, 2.75) is 32.2 Å². The Labute approximate surface area is 90.0 Å². The number of hydrogen-bond acceptors (Lipinski definition) is 3. The number of carbonyl (C=O) groups excluding carboxylic acids is 2. The second-order valence-electron chi connectivity index (χ2n) is 3.64. The quantitative estimate of drug-likeness (QED) is 0.570. The molecule has 1 fully saturated rings. The van der Waals surface area contributed by atoms with E-state index in [9.17, 15) is 9.59 Å². The Balaban J connectivity index is 2.08. The van der Waals surface area contributed by atoms with Crippen molar-refractivity contribution < 1.29 is 9.59 Å². The van der Waals surface area contributed by atoms with Crippen LogP contribution in [0.2, 0.25) is 0 Å². The topological polar surface area (TPSA) is 70.2 Å². The third kappa shape index (κ3) is 4.29. The van der Waals surface area contributed by atoms with Gasteiger partial charge in [0.2, 0.25) is 11.8 Å². The second-order valence-corrected chi connectivity index (χ2v) is 3.64. The summed E-state index contributed by atoms with van der Waals surface area (Å²) in [5.41, 5.74) is 0. The molecular weight excluding hydrogens is 194 g/mol. The first-order valence-corrected chi connectivity index (χ1v) is 5.52. The predicted octanol–water partition coefficient (Wildman–Crippen LogP) is -0.619. The number of amides is 2. The lowest BCUT2D eigenvalue weighted by Crippen LogP contribution is -2.41. The summed E-state index contributed by atoms with van der Waals surface area (Å²) in [4.78, 5) is 22.5. The van der Waals surface area contributed by atoms with Crippen molar-refractivity contribution in [3.05, 3.63) is 0 Å². The fourth-order valence-electron chi connectivity index (χ4n) is 1.62. The van der Waals surface area contributed by atoms with Crippen molar-refractivity contribution >= 4 is 11.8 Å². The van der Waals surface area contributed by atoms with E-state index < -0.39 is 0 Å². The lowest BCUT2D eigenvalue weighted by atomic mass is 10.2. The van der Waals surface area contributed by atoms with Crippen LogP contribution in [0.4, 0.5) is 0 Å². The van der Waals surface area contributed by atoms with Gasteiger partial charge in [0.1, 0.15) is 0 Å². The van der Waals surface area contributed by atoms with Crippen LogP contribution in [0.5, 0.6) is 0 Å². The molecule has 0 bridgehead atoms. The minimum absolute atomic E-state index is 0.0109. The summed E-state index contributed by atoms with van der Waals surface area (Å²) in [5.74, 6) is -0.00557. The van der Waals surface area contributed by atoms with Crippen LogP contribution in [-0.2, 0) is 9.59 Å². The maximum absolute atomic E-state index is 11.5. The number of hydrogen-bond donors (Lipinski definition) is 3. The van der Waals surface area contributed by atoms with Crippen molar-refractivity contribution in [1.29, 1.82) is 0 Å². The minimum atomic E-state index is -0.0563. The van der Waals surface area contributed by atoms with E-state index >= 15 is 0 Å². The van der Waals surface area contributed by atoms with Crippen LogP contribution in [0.3, 0.4) is 0 Å². The lowest BCUT2D eigenvalue weighted by Gasteiger charge is -2.10. The van der Waals surface area contributed by atoms with Gasteiger partial charge in [0.15, 0.2) is 0 Å². The summed E-state index contributed by atoms with van der Waals surface area (Å²) >= 11 is 0. The average Bonchev–Trinajstić information content (AvgIpc) is 2.70. The molecule has 1 aliphatic heterocycles. The fourth-order valence-corrected chi connectivity index (χ4v) is 1.62. The Morgan fingerprint density at radius 3 is 2.80 bits per heavy atom. The zero-order valence-corrected chi connectivity index (χ0v) is 9.14. The summed E-state index contributed by atoms with van der Waals surface area (Å²) < 4.78 is 0. The minimum Gasteiger partial charge on any atom is -0.356 e.